The van der Waals surface area contributed by atoms with Crippen LogP contribution in [0.2, 0.25) is 0 Å². The maximum absolute atomic E-state index is 11.8. The van der Waals surface area contributed by atoms with Crippen molar-refractivity contribution in [2.24, 2.45) is 7.05 Å². The van der Waals surface area contributed by atoms with Gasteiger partial charge < -0.3 is 15.6 Å². The fraction of sp³-hybridized carbons (Fsp3) is 0.231. The van der Waals surface area contributed by atoms with Gasteiger partial charge >= 0.3 is 5.97 Å². The van der Waals surface area contributed by atoms with E-state index in [9.17, 15) is 9.90 Å². The predicted molar refractivity (Wildman–Crippen MR) is 68.4 cm³/mol. The molecule has 0 saturated heterocycles. The predicted octanol–water partition coefficient (Wildman–Crippen LogP) is 0.457. The number of anilines is 1. The summed E-state index contributed by atoms with van der Waals surface area (Å²) in [5.74, 6) is -0.552. The third kappa shape index (κ3) is 3.25. The van der Waals surface area contributed by atoms with E-state index in [4.69, 9.17) is 10.5 Å². The molecule has 0 unspecified atom stereocenters. The minimum atomic E-state index is -0.537. The highest BCUT2D eigenvalue weighted by molar-refractivity contribution is 5.95. The SMILES string of the molecule is C[n+]1ccn(CCOC(=O)c2cc(O)ccc2N)c1. The Morgan fingerprint density at radius 2 is 2.32 bits per heavy atom. The van der Waals surface area contributed by atoms with Crippen molar-refractivity contribution in [2.75, 3.05) is 12.3 Å². The summed E-state index contributed by atoms with van der Waals surface area (Å²) in [6, 6.07) is 4.19. The molecule has 0 spiro atoms. The molecular formula is C13H16N3O3+. The number of nitrogens with zero attached hydrogens (tertiary/aromatic N) is 2. The maximum atomic E-state index is 11.8. The molecule has 1 aromatic carbocycles. The molecule has 1 heterocycles. The molecule has 19 heavy (non-hydrogen) atoms. The number of carbonyl (C=O) groups excluding carboxylic acids is 1. The van der Waals surface area contributed by atoms with Gasteiger partial charge in [0.15, 0.2) is 0 Å². The van der Waals surface area contributed by atoms with E-state index in [0.29, 0.717) is 6.54 Å². The van der Waals surface area contributed by atoms with Crippen LogP contribution in [0.3, 0.4) is 0 Å². The van der Waals surface area contributed by atoms with Crippen LogP contribution >= 0.6 is 0 Å². The van der Waals surface area contributed by atoms with Gasteiger partial charge in [-0.2, -0.15) is 0 Å². The highest BCUT2D eigenvalue weighted by Gasteiger charge is 2.12. The van der Waals surface area contributed by atoms with Gasteiger partial charge in [0.25, 0.3) is 0 Å². The second-order valence-electron chi connectivity index (χ2n) is 4.22. The fourth-order valence-electron chi connectivity index (χ4n) is 1.68. The number of phenolic OH excluding ortho intramolecular Hbond substituents is 1. The molecule has 2 rings (SSSR count). The van der Waals surface area contributed by atoms with Crippen LogP contribution in [-0.2, 0) is 18.3 Å². The number of aromatic hydroxyl groups is 1. The normalized spacial score (nSPS) is 10.4. The average Bonchev–Trinajstić information content (AvgIpc) is 2.78. The van der Waals surface area contributed by atoms with Gasteiger partial charge in [0, 0.05) is 5.69 Å². The van der Waals surface area contributed by atoms with Crippen LogP contribution in [0.15, 0.2) is 36.9 Å². The second-order valence-corrected chi connectivity index (χ2v) is 4.22. The number of carbonyl (C=O) groups is 1. The van der Waals surface area contributed by atoms with E-state index >= 15 is 0 Å². The fourth-order valence-corrected chi connectivity index (χ4v) is 1.68. The number of phenols is 1. The zero-order valence-electron chi connectivity index (χ0n) is 10.6. The van der Waals surface area contributed by atoms with Gasteiger partial charge in [0.2, 0.25) is 6.33 Å². The summed E-state index contributed by atoms with van der Waals surface area (Å²) in [4.78, 5) is 11.8. The third-order valence-electron chi connectivity index (χ3n) is 2.66. The monoisotopic (exact) mass is 262 g/mol. The van der Waals surface area contributed by atoms with E-state index in [1.54, 1.807) is 0 Å². The van der Waals surface area contributed by atoms with E-state index in [1.165, 1.54) is 18.2 Å². The van der Waals surface area contributed by atoms with Crippen molar-refractivity contribution in [3.05, 3.63) is 42.5 Å². The van der Waals surface area contributed by atoms with Gasteiger partial charge in [-0.05, 0) is 18.2 Å². The van der Waals surface area contributed by atoms with Crippen LogP contribution in [-0.4, -0.2) is 22.2 Å². The number of aryl methyl sites for hydroxylation is 1. The number of nitrogens with two attached hydrogens (primary N) is 1. The number of nitrogen functional groups attached to an aromatic ring is 1. The Labute approximate surface area is 110 Å². The minimum absolute atomic E-state index is 0.0152. The van der Waals surface area contributed by atoms with Gasteiger partial charge in [-0.1, -0.05) is 0 Å². The van der Waals surface area contributed by atoms with E-state index in [1.807, 2.05) is 34.9 Å². The van der Waals surface area contributed by atoms with Crippen molar-refractivity contribution in [1.29, 1.82) is 0 Å². The summed E-state index contributed by atoms with van der Waals surface area (Å²) in [6.07, 6.45) is 5.67. The molecule has 0 radical (unpaired) electrons. The number of hydrogen-bond acceptors (Lipinski definition) is 4. The Morgan fingerprint density at radius 1 is 1.53 bits per heavy atom. The smallest absolute Gasteiger partial charge is 0.340 e. The number of rotatable bonds is 4. The van der Waals surface area contributed by atoms with Crippen molar-refractivity contribution in [3.63, 3.8) is 0 Å². The van der Waals surface area contributed by atoms with Crippen LogP contribution in [0.25, 0.3) is 0 Å². The quantitative estimate of drug-likeness (QED) is 0.363. The molecule has 100 valence electrons. The molecule has 0 aliphatic heterocycles. The van der Waals surface area contributed by atoms with E-state index in [0.717, 1.165) is 0 Å². The van der Waals surface area contributed by atoms with Gasteiger partial charge in [-0.15, -0.1) is 0 Å². The summed E-state index contributed by atoms with van der Waals surface area (Å²) in [5, 5.41) is 9.32. The molecule has 6 nitrogen and oxygen atoms in total. The molecule has 0 fully saturated rings. The summed E-state index contributed by atoms with van der Waals surface area (Å²) in [5.41, 5.74) is 6.12. The van der Waals surface area contributed by atoms with E-state index < -0.39 is 5.97 Å². The largest absolute Gasteiger partial charge is 0.508 e. The van der Waals surface area contributed by atoms with E-state index in [2.05, 4.69) is 0 Å². The molecule has 0 amide bonds. The van der Waals surface area contributed by atoms with Gasteiger partial charge in [0.1, 0.15) is 31.3 Å². The van der Waals surface area contributed by atoms with Gasteiger partial charge in [0.05, 0.1) is 12.6 Å². The first kappa shape index (κ1) is 12.9. The summed E-state index contributed by atoms with van der Waals surface area (Å²) in [6.45, 7) is 0.800. The van der Waals surface area contributed by atoms with Crippen molar-refractivity contribution in [2.45, 2.75) is 6.54 Å². The Kier molecular flexibility index (Phi) is 3.70. The van der Waals surface area contributed by atoms with Crippen LogP contribution in [0.5, 0.6) is 5.75 Å². The number of esters is 1. The average molecular weight is 262 g/mol. The zero-order chi connectivity index (χ0) is 13.8. The molecule has 3 N–H and O–H groups in total. The van der Waals surface area contributed by atoms with Gasteiger partial charge in [-0.3, -0.25) is 0 Å². The molecule has 0 atom stereocenters. The highest BCUT2D eigenvalue weighted by atomic mass is 16.5. The van der Waals surface area contributed by atoms with Crippen molar-refractivity contribution < 1.29 is 19.2 Å². The summed E-state index contributed by atoms with van der Waals surface area (Å²) < 4.78 is 8.92. The topological polar surface area (TPSA) is 81.4 Å². The number of hydrogen-bond donors (Lipinski definition) is 2. The Balaban J connectivity index is 1.92. The zero-order valence-corrected chi connectivity index (χ0v) is 10.6. The lowest BCUT2D eigenvalue weighted by atomic mass is 10.2. The number of ether oxygens (including phenoxy) is 1. The van der Waals surface area contributed by atoms with E-state index in [-0.39, 0.29) is 23.6 Å². The second kappa shape index (κ2) is 5.43. The number of aromatic nitrogens is 2. The molecule has 6 heteroatoms. The van der Waals surface area contributed by atoms with Crippen LogP contribution in [0.1, 0.15) is 10.4 Å². The van der Waals surface area contributed by atoms with Gasteiger partial charge in [-0.25, -0.2) is 13.9 Å². The first-order valence-electron chi connectivity index (χ1n) is 5.83. The first-order chi connectivity index (χ1) is 9.06. The molecular weight excluding hydrogens is 246 g/mol. The molecule has 0 saturated carbocycles. The Bertz CT molecular complexity index is 593. The third-order valence-corrected chi connectivity index (χ3v) is 2.66. The van der Waals surface area contributed by atoms with Crippen molar-refractivity contribution in [1.82, 2.24) is 4.57 Å². The number of benzene rings is 1. The summed E-state index contributed by atoms with van der Waals surface area (Å²) in [7, 11) is 1.91. The Hall–Kier alpha value is -2.50. The molecule has 0 aliphatic carbocycles. The van der Waals surface area contributed by atoms with Crippen LogP contribution < -0.4 is 10.3 Å². The standard InChI is InChI=1S/C13H15N3O3/c1-15-4-5-16(9-15)6-7-19-13(18)11-8-10(17)2-3-12(11)14/h2-5,8-9H,6-7H2,1H3,(H2-,14,17,18)/p+1. The highest BCUT2D eigenvalue weighted by Crippen LogP contribution is 2.19. The maximum Gasteiger partial charge on any atom is 0.340 e. The molecule has 0 bridgehead atoms. The molecule has 2 aromatic rings. The van der Waals surface area contributed by atoms with Crippen molar-refractivity contribution in [3.8, 4) is 5.75 Å². The number of imidazole rings is 1. The lowest BCUT2D eigenvalue weighted by molar-refractivity contribution is -0.671. The Morgan fingerprint density at radius 3 is 3.00 bits per heavy atom. The first-order valence-corrected chi connectivity index (χ1v) is 5.83. The van der Waals surface area contributed by atoms with Crippen LogP contribution in [0.4, 0.5) is 5.69 Å². The molecule has 0 aliphatic rings. The lowest BCUT2D eigenvalue weighted by Crippen LogP contribution is -2.24. The van der Waals surface area contributed by atoms with Crippen molar-refractivity contribution >= 4 is 11.7 Å². The summed E-state index contributed by atoms with van der Waals surface area (Å²) >= 11 is 0. The minimum Gasteiger partial charge on any atom is -0.508 e. The van der Waals surface area contributed by atoms with Crippen LogP contribution in [0, 0.1) is 0 Å². The lowest BCUT2D eigenvalue weighted by Gasteiger charge is -2.06. The molecule has 1 aromatic heterocycles.